The number of aliphatic hydroxyl groups is 1. The van der Waals surface area contributed by atoms with Crippen LogP contribution in [0.5, 0.6) is 0 Å². The highest BCUT2D eigenvalue weighted by molar-refractivity contribution is 5.69. The molecule has 4 heteroatoms. The predicted molar refractivity (Wildman–Crippen MR) is 64.5 cm³/mol. The zero-order valence-corrected chi connectivity index (χ0v) is 9.75. The van der Waals surface area contributed by atoms with Crippen LogP contribution in [0, 0.1) is 11.7 Å². The summed E-state index contributed by atoms with van der Waals surface area (Å²) in [5, 5.41) is 9.90. The number of halogens is 1. The third-order valence-corrected chi connectivity index (χ3v) is 4.27. The van der Waals surface area contributed by atoms with E-state index in [-0.39, 0.29) is 23.9 Å². The van der Waals surface area contributed by atoms with E-state index in [1.54, 1.807) is 18.6 Å². The molecule has 2 aromatic rings. The Kier molecular flexibility index (Phi) is 1.95. The maximum Gasteiger partial charge on any atom is 0.123 e. The molecule has 1 fully saturated rings. The quantitative estimate of drug-likeness (QED) is 0.836. The first-order valence-electron chi connectivity index (χ1n) is 6.25. The molecule has 0 unspecified atom stereocenters. The standard InChI is InChI=1S/C14H13FN2O/c15-8-1-2-9-11(5-8)12-6-16-7-17(12)14(9)10-3-4-13(10)18/h1-2,5-7,10,13-14,18H,3-4H2/t10-,13+,14-/m0/s1. The number of nitrogens with zero attached hydrogens (tertiary/aromatic N) is 2. The Morgan fingerprint density at radius 1 is 1.33 bits per heavy atom. The summed E-state index contributed by atoms with van der Waals surface area (Å²) >= 11 is 0. The van der Waals surface area contributed by atoms with E-state index >= 15 is 0 Å². The van der Waals surface area contributed by atoms with Crippen molar-refractivity contribution in [3.05, 3.63) is 42.1 Å². The molecule has 3 atom stereocenters. The summed E-state index contributed by atoms with van der Waals surface area (Å²) in [4.78, 5) is 4.15. The van der Waals surface area contributed by atoms with Gasteiger partial charge in [-0.25, -0.2) is 9.37 Å². The van der Waals surface area contributed by atoms with Crippen LogP contribution < -0.4 is 0 Å². The van der Waals surface area contributed by atoms with Gasteiger partial charge in [0.2, 0.25) is 0 Å². The molecule has 1 aromatic heterocycles. The molecule has 2 heterocycles. The molecule has 1 N–H and O–H groups in total. The van der Waals surface area contributed by atoms with E-state index in [9.17, 15) is 9.50 Å². The highest BCUT2D eigenvalue weighted by atomic mass is 19.1. The maximum absolute atomic E-state index is 13.4. The number of fused-ring (bicyclic) bond motifs is 3. The lowest BCUT2D eigenvalue weighted by molar-refractivity contribution is 0.00415. The monoisotopic (exact) mass is 244 g/mol. The summed E-state index contributed by atoms with van der Waals surface area (Å²) in [6, 6.07) is 5.01. The second-order valence-corrected chi connectivity index (χ2v) is 5.17. The van der Waals surface area contributed by atoms with Crippen molar-refractivity contribution in [3.63, 3.8) is 0 Å². The molecule has 1 aliphatic heterocycles. The van der Waals surface area contributed by atoms with Crippen LogP contribution in [0.25, 0.3) is 11.3 Å². The van der Waals surface area contributed by atoms with E-state index < -0.39 is 0 Å². The Labute approximate surface area is 104 Å². The molecule has 0 saturated heterocycles. The first-order valence-corrected chi connectivity index (χ1v) is 6.25. The number of aromatic nitrogens is 2. The van der Waals surface area contributed by atoms with Crippen molar-refractivity contribution in [3.8, 4) is 11.3 Å². The van der Waals surface area contributed by atoms with Crippen LogP contribution in [0.15, 0.2) is 30.7 Å². The Hall–Kier alpha value is -1.68. The van der Waals surface area contributed by atoms with Crippen molar-refractivity contribution >= 4 is 0 Å². The van der Waals surface area contributed by atoms with Crippen LogP contribution >= 0.6 is 0 Å². The summed E-state index contributed by atoms with van der Waals surface area (Å²) in [6.07, 6.45) is 5.18. The van der Waals surface area contributed by atoms with Gasteiger partial charge in [-0.2, -0.15) is 0 Å². The fourth-order valence-electron chi connectivity index (χ4n) is 3.21. The van der Waals surface area contributed by atoms with E-state index in [1.165, 1.54) is 6.07 Å². The van der Waals surface area contributed by atoms with Crippen molar-refractivity contribution in [2.75, 3.05) is 0 Å². The molecule has 0 bridgehead atoms. The maximum atomic E-state index is 13.4. The summed E-state index contributed by atoms with van der Waals surface area (Å²) in [5.41, 5.74) is 2.97. The van der Waals surface area contributed by atoms with Gasteiger partial charge in [0.25, 0.3) is 0 Å². The number of benzene rings is 1. The smallest absolute Gasteiger partial charge is 0.123 e. The van der Waals surface area contributed by atoms with Crippen molar-refractivity contribution < 1.29 is 9.50 Å². The van der Waals surface area contributed by atoms with Gasteiger partial charge in [-0.15, -0.1) is 0 Å². The first-order chi connectivity index (χ1) is 8.75. The number of aliphatic hydroxyl groups excluding tert-OH is 1. The third kappa shape index (κ3) is 1.18. The van der Waals surface area contributed by atoms with E-state index in [4.69, 9.17) is 0 Å². The van der Waals surface area contributed by atoms with Crippen LogP contribution in [-0.4, -0.2) is 20.8 Å². The molecule has 0 radical (unpaired) electrons. The fraction of sp³-hybridized carbons (Fsp3) is 0.357. The molecular weight excluding hydrogens is 231 g/mol. The van der Waals surface area contributed by atoms with E-state index in [0.29, 0.717) is 0 Å². The largest absolute Gasteiger partial charge is 0.393 e. The van der Waals surface area contributed by atoms with Crippen LogP contribution in [0.3, 0.4) is 0 Å². The second-order valence-electron chi connectivity index (χ2n) is 5.17. The molecule has 2 aliphatic rings. The van der Waals surface area contributed by atoms with Gasteiger partial charge in [-0.3, -0.25) is 0 Å². The average molecular weight is 244 g/mol. The predicted octanol–water partition coefficient (Wildman–Crippen LogP) is 2.36. The zero-order chi connectivity index (χ0) is 12.3. The van der Waals surface area contributed by atoms with E-state index in [0.717, 1.165) is 29.7 Å². The third-order valence-electron chi connectivity index (χ3n) is 4.27. The molecule has 1 aromatic carbocycles. The van der Waals surface area contributed by atoms with Crippen LogP contribution in [0.4, 0.5) is 4.39 Å². The van der Waals surface area contributed by atoms with Gasteiger partial charge in [0.05, 0.1) is 30.4 Å². The molecule has 1 aliphatic carbocycles. The van der Waals surface area contributed by atoms with Crippen molar-refractivity contribution in [1.82, 2.24) is 9.55 Å². The van der Waals surface area contributed by atoms with Gasteiger partial charge in [0, 0.05) is 11.5 Å². The molecule has 4 rings (SSSR count). The molecule has 1 saturated carbocycles. The Morgan fingerprint density at radius 3 is 2.94 bits per heavy atom. The molecule has 92 valence electrons. The Balaban J connectivity index is 1.91. The molecule has 0 spiro atoms. The summed E-state index contributed by atoms with van der Waals surface area (Å²) < 4.78 is 15.5. The van der Waals surface area contributed by atoms with Crippen molar-refractivity contribution in [2.45, 2.75) is 25.0 Å². The van der Waals surface area contributed by atoms with Crippen molar-refractivity contribution in [1.29, 1.82) is 0 Å². The molecular formula is C14H13FN2O. The summed E-state index contributed by atoms with van der Waals surface area (Å²) in [7, 11) is 0. The average Bonchev–Trinajstić information content (AvgIpc) is 2.91. The SMILES string of the molecule is O[C@@H]1CC[C@@H]1[C@@H]1c2ccc(F)cc2-c2cncn21. The highest BCUT2D eigenvalue weighted by Crippen LogP contribution is 2.48. The minimum absolute atomic E-state index is 0.113. The number of hydrogen-bond acceptors (Lipinski definition) is 2. The number of rotatable bonds is 1. The number of imidazole rings is 1. The lowest BCUT2D eigenvalue weighted by Gasteiger charge is -2.38. The van der Waals surface area contributed by atoms with Gasteiger partial charge in [-0.1, -0.05) is 6.07 Å². The summed E-state index contributed by atoms with van der Waals surface area (Å²) in [6.45, 7) is 0. The Morgan fingerprint density at radius 2 is 2.22 bits per heavy atom. The second kappa shape index (κ2) is 3.42. The van der Waals surface area contributed by atoms with Gasteiger partial charge >= 0.3 is 0 Å². The topological polar surface area (TPSA) is 38.1 Å². The Bertz CT molecular complexity index is 622. The minimum Gasteiger partial charge on any atom is -0.393 e. The van der Waals surface area contributed by atoms with E-state index in [1.807, 2.05) is 6.07 Å². The van der Waals surface area contributed by atoms with Gasteiger partial charge in [0.1, 0.15) is 5.82 Å². The number of hydrogen-bond donors (Lipinski definition) is 1. The first kappa shape index (κ1) is 10.3. The van der Waals surface area contributed by atoms with Crippen molar-refractivity contribution in [2.24, 2.45) is 5.92 Å². The summed E-state index contributed by atoms with van der Waals surface area (Å²) in [5.74, 6) is 0.000897. The van der Waals surface area contributed by atoms with Crippen LogP contribution in [0.1, 0.15) is 24.4 Å². The molecule has 18 heavy (non-hydrogen) atoms. The van der Waals surface area contributed by atoms with Gasteiger partial charge in [0.15, 0.2) is 0 Å². The van der Waals surface area contributed by atoms with Gasteiger partial charge in [-0.05, 0) is 30.5 Å². The minimum atomic E-state index is -0.249. The highest BCUT2D eigenvalue weighted by Gasteiger charge is 2.42. The lowest BCUT2D eigenvalue weighted by Crippen LogP contribution is -2.37. The lowest BCUT2D eigenvalue weighted by atomic mass is 9.74. The normalized spacial score (nSPS) is 28.7. The van der Waals surface area contributed by atoms with Crippen LogP contribution in [-0.2, 0) is 0 Å². The van der Waals surface area contributed by atoms with Gasteiger partial charge < -0.3 is 9.67 Å². The molecule has 0 amide bonds. The van der Waals surface area contributed by atoms with E-state index in [2.05, 4.69) is 9.55 Å². The zero-order valence-electron chi connectivity index (χ0n) is 9.75. The fourth-order valence-corrected chi connectivity index (χ4v) is 3.21. The molecule has 3 nitrogen and oxygen atoms in total. The van der Waals surface area contributed by atoms with Crippen LogP contribution in [0.2, 0.25) is 0 Å².